The molecule has 0 aromatic heterocycles. The first-order valence-corrected chi connectivity index (χ1v) is 5.27. The van der Waals surface area contributed by atoms with Crippen LogP contribution >= 0.6 is 0 Å². The van der Waals surface area contributed by atoms with E-state index in [1.807, 2.05) is 14.1 Å². The summed E-state index contributed by atoms with van der Waals surface area (Å²) in [5.41, 5.74) is 0. The molecule has 1 rings (SSSR count). The normalized spacial score (nSPS) is 27.5. The van der Waals surface area contributed by atoms with Crippen LogP contribution < -0.4 is 0 Å². The molecule has 0 amide bonds. The number of carboxylic acid groups (broad SMARTS) is 1. The molecular weight excluding hydrogens is 196 g/mol. The van der Waals surface area contributed by atoms with Gasteiger partial charge in [0.1, 0.15) is 0 Å². The van der Waals surface area contributed by atoms with E-state index < -0.39 is 5.97 Å². The van der Waals surface area contributed by atoms with E-state index in [2.05, 4.69) is 9.80 Å². The smallest absolute Gasteiger partial charge is 0.304 e. The number of nitrogens with zero attached hydrogens (tertiary/aromatic N) is 2. The number of hydrogen-bond acceptors (Lipinski definition) is 4. The van der Waals surface area contributed by atoms with Gasteiger partial charge in [-0.2, -0.15) is 0 Å². The Morgan fingerprint density at radius 3 is 2.73 bits per heavy atom. The molecule has 0 aliphatic carbocycles. The molecule has 2 N–H and O–H groups in total. The molecule has 1 saturated heterocycles. The van der Waals surface area contributed by atoms with Crippen LogP contribution in [0.2, 0.25) is 0 Å². The number of carboxylic acids is 1. The van der Waals surface area contributed by atoms with Crippen molar-refractivity contribution in [1.29, 1.82) is 0 Å². The molecule has 0 saturated carbocycles. The summed E-state index contributed by atoms with van der Waals surface area (Å²) in [6.07, 6.45) is 0.595. The van der Waals surface area contributed by atoms with Crippen molar-refractivity contribution in [2.24, 2.45) is 0 Å². The maximum absolute atomic E-state index is 10.5. The number of likely N-dealkylation sites (N-methyl/N-ethyl adjacent to an activating group) is 1. The van der Waals surface area contributed by atoms with Crippen molar-refractivity contribution in [3.8, 4) is 0 Å². The lowest BCUT2D eigenvalue weighted by molar-refractivity contribution is -0.137. The van der Waals surface area contributed by atoms with Gasteiger partial charge in [0.2, 0.25) is 0 Å². The lowest BCUT2D eigenvalue weighted by Gasteiger charge is -2.25. The Balaban J connectivity index is 2.41. The molecule has 1 fully saturated rings. The molecule has 1 aliphatic rings. The van der Waals surface area contributed by atoms with Crippen LogP contribution in [0.5, 0.6) is 0 Å². The number of aliphatic hydroxyl groups is 1. The highest BCUT2D eigenvalue weighted by Gasteiger charge is 2.30. The minimum Gasteiger partial charge on any atom is -0.481 e. The first kappa shape index (κ1) is 12.4. The number of aliphatic hydroxyl groups excluding tert-OH is 1. The summed E-state index contributed by atoms with van der Waals surface area (Å²) in [5, 5.41) is 18.1. The van der Waals surface area contributed by atoms with Crippen LogP contribution in [0.25, 0.3) is 0 Å². The minimum absolute atomic E-state index is 0.149. The highest BCUT2D eigenvalue weighted by molar-refractivity contribution is 5.66. The van der Waals surface area contributed by atoms with Crippen LogP contribution in [0.15, 0.2) is 0 Å². The Labute approximate surface area is 90.3 Å². The highest BCUT2D eigenvalue weighted by atomic mass is 16.4. The largest absolute Gasteiger partial charge is 0.481 e. The molecule has 15 heavy (non-hydrogen) atoms. The van der Waals surface area contributed by atoms with Gasteiger partial charge in [-0.1, -0.05) is 0 Å². The monoisotopic (exact) mass is 216 g/mol. The van der Waals surface area contributed by atoms with Gasteiger partial charge in [-0.15, -0.1) is 0 Å². The summed E-state index contributed by atoms with van der Waals surface area (Å²) < 4.78 is 0. The van der Waals surface area contributed by atoms with Crippen LogP contribution in [-0.2, 0) is 4.79 Å². The molecule has 5 nitrogen and oxygen atoms in total. The number of hydrogen-bond donors (Lipinski definition) is 2. The SMILES string of the molecule is CN(C)CC1CC(O)CN1CCC(=O)O. The zero-order valence-electron chi connectivity index (χ0n) is 9.39. The summed E-state index contributed by atoms with van der Waals surface area (Å²) >= 11 is 0. The Morgan fingerprint density at radius 2 is 2.20 bits per heavy atom. The van der Waals surface area contributed by atoms with Gasteiger partial charge in [-0.3, -0.25) is 9.69 Å². The molecule has 88 valence electrons. The number of rotatable bonds is 5. The zero-order chi connectivity index (χ0) is 11.4. The van der Waals surface area contributed by atoms with E-state index in [9.17, 15) is 9.90 Å². The van der Waals surface area contributed by atoms with Crippen molar-refractivity contribution in [3.05, 3.63) is 0 Å². The molecule has 0 spiro atoms. The van der Waals surface area contributed by atoms with E-state index in [1.54, 1.807) is 0 Å². The minimum atomic E-state index is -0.778. The maximum atomic E-state index is 10.5. The third-order valence-electron chi connectivity index (χ3n) is 2.69. The molecule has 2 unspecified atom stereocenters. The van der Waals surface area contributed by atoms with Crippen LogP contribution in [0.1, 0.15) is 12.8 Å². The third-order valence-corrected chi connectivity index (χ3v) is 2.69. The summed E-state index contributed by atoms with van der Waals surface area (Å²) in [6, 6.07) is 0.286. The topological polar surface area (TPSA) is 64.0 Å². The first-order valence-electron chi connectivity index (χ1n) is 5.27. The van der Waals surface area contributed by atoms with E-state index in [4.69, 9.17) is 5.11 Å². The van der Waals surface area contributed by atoms with Crippen molar-refractivity contribution < 1.29 is 15.0 Å². The van der Waals surface area contributed by atoms with Crippen LogP contribution in [0.3, 0.4) is 0 Å². The Morgan fingerprint density at radius 1 is 1.53 bits per heavy atom. The third kappa shape index (κ3) is 4.15. The quantitative estimate of drug-likeness (QED) is 0.646. The number of carbonyl (C=O) groups is 1. The van der Waals surface area contributed by atoms with E-state index in [1.165, 1.54) is 0 Å². The fraction of sp³-hybridized carbons (Fsp3) is 0.900. The second-order valence-electron chi connectivity index (χ2n) is 4.44. The molecular formula is C10H20N2O3. The van der Waals surface area contributed by atoms with E-state index in [0.29, 0.717) is 13.1 Å². The van der Waals surface area contributed by atoms with Crippen LogP contribution in [0, 0.1) is 0 Å². The van der Waals surface area contributed by atoms with Gasteiger partial charge in [0, 0.05) is 25.7 Å². The fourth-order valence-corrected chi connectivity index (χ4v) is 2.08. The second-order valence-corrected chi connectivity index (χ2v) is 4.44. The van der Waals surface area contributed by atoms with Crippen molar-refractivity contribution >= 4 is 5.97 Å². The summed E-state index contributed by atoms with van der Waals surface area (Å²) in [4.78, 5) is 14.6. The predicted molar refractivity (Wildman–Crippen MR) is 56.8 cm³/mol. The average Bonchev–Trinajstić information content (AvgIpc) is 2.41. The maximum Gasteiger partial charge on any atom is 0.304 e. The second kappa shape index (κ2) is 5.44. The lowest BCUT2D eigenvalue weighted by atomic mass is 10.2. The fourth-order valence-electron chi connectivity index (χ4n) is 2.08. The number of likely N-dealkylation sites (tertiary alicyclic amines) is 1. The van der Waals surface area contributed by atoms with Crippen LogP contribution in [0.4, 0.5) is 0 Å². The van der Waals surface area contributed by atoms with Crippen molar-refractivity contribution in [2.75, 3.05) is 33.7 Å². The van der Waals surface area contributed by atoms with Crippen LogP contribution in [-0.4, -0.2) is 71.9 Å². The molecule has 2 atom stereocenters. The Kier molecular flexibility index (Phi) is 4.50. The van der Waals surface area contributed by atoms with Crippen molar-refractivity contribution in [3.63, 3.8) is 0 Å². The predicted octanol–water partition coefficient (Wildman–Crippen LogP) is -0.542. The Hall–Kier alpha value is -0.650. The van der Waals surface area contributed by atoms with Gasteiger partial charge >= 0.3 is 5.97 Å². The summed E-state index contributed by atoms with van der Waals surface area (Å²) in [6.45, 7) is 2.01. The van der Waals surface area contributed by atoms with Gasteiger partial charge in [0.15, 0.2) is 0 Å². The van der Waals surface area contributed by atoms with Gasteiger partial charge in [-0.05, 0) is 20.5 Å². The van der Waals surface area contributed by atoms with E-state index in [0.717, 1.165) is 13.0 Å². The lowest BCUT2D eigenvalue weighted by Crippen LogP contribution is -2.38. The van der Waals surface area contributed by atoms with E-state index in [-0.39, 0.29) is 18.6 Å². The molecule has 1 aliphatic heterocycles. The molecule has 5 heteroatoms. The van der Waals surface area contributed by atoms with Gasteiger partial charge in [-0.25, -0.2) is 0 Å². The average molecular weight is 216 g/mol. The van der Waals surface area contributed by atoms with Gasteiger partial charge in [0.05, 0.1) is 12.5 Å². The number of aliphatic carboxylic acids is 1. The molecule has 0 aromatic rings. The van der Waals surface area contributed by atoms with E-state index >= 15 is 0 Å². The Bertz CT molecular complexity index is 221. The van der Waals surface area contributed by atoms with Gasteiger partial charge < -0.3 is 15.1 Å². The zero-order valence-corrected chi connectivity index (χ0v) is 9.39. The standard InChI is InChI=1S/C10H20N2O3/c1-11(2)6-8-5-9(13)7-12(8)4-3-10(14)15/h8-9,13H,3-7H2,1-2H3,(H,14,15). The van der Waals surface area contributed by atoms with Crippen molar-refractivity contribution in [1.82, 2.24) is 9.80 Å². The molecule has 0 bridgehead atoms. The summed E-state index contributed by atoms with van der Waals surface area (Å²) in [5.74, 6) is -0.778. The molecule has 1 heterocycles. The van der Waals surface area contributed by atoms with Crippen molar-refractivity contribution in [2.45, 2.75) is 25.0 Å². The molecule has 0 aromatic carbocycles. The highest BCUT2D eigenvalue weighted by Crippen LogP contribution is 2.18. The van der Waals surface area contributed by atoms with Gasteiger partial charge in [0.25, 0.3) is 0 Å². The number of β-amino-alcohol motifs (C(OH)–C–C–N with tert-alkyl or cyclic N) is 1. The summed E-state index contributed by atoms with van der Waals surface area (Å²) in [7, 11) is 3.97. The molecule has 0 radical (unpaired) electrons. The first-order chi connectivity index (χ1) is 6.99.